The third-order valence-electron chi connectivity index (χ3n) is 3.19. The molecule has 0 aromatic heterocycles. The fourth-order valence-corrected chi connectivity index (χ4v) is 2.31. The summed E-state index contributed by atoms with van der Waals surface area (Å²) in [4.78, 5) is 23.6. The largest absolute Gasteiger partial charge is 0.468 e. The number of ether oxygens (including phenoxy) is 1. The van der Waals surface area contributed by atoms with Crippen LogP contribution in [0, 0.1) is 17.8 Å². The SMILES string of the molecule is COC(=O)C(C(=O)C1CCCC1)C(C)C. The highest BCUT2D eigenvalue weighted by molar-refractivity contribution is 6.00. The van der Waals surface area contributed by atoms with E-state index in [1.807, 2.05) is 13.8 Å². The van der Waals surface area contributed by atoms with Crippen LogP contribution in [0.3, 0.4) is 0 Å². The highest BCUT2D eigenvalue weighted by Crippen LogP contribution is 2.30. The summed E-state index contributed by atoms with van der Waals surface area (Å²) in [5.74, 6) is -0.712. The maximum atomic E-state index is 12.1. The van der Waals surface area contributed by atoms with Gasteiger partial charge < -0.3 is 4.74 Å². The van der Waals surface area contributed by atoms with Gasteiger partial charge in [-0.05, 0) is 18.8 Å². The van der Waals surface area contributed by atoms with E-state index < -0.39 is 5.92 Å². The van der Waals surface area contributed by atoms with Gasteiger partial charge in [-0.25, -0.2) is 0 Å². The highest BCUT2D eigenvalue weighted by atomic mass is 16.5. The van der Waals surface area contributed by atoms with Gasteiger partial charge in [-0.15, -0.1) is 0 Å². The van der Waals surface area contributed by atoms with E-state index in [9.17, 15) is 9.59 Å². The lowest BCUT2D eigenvalue weighted by Gasteiger charge is -2.20. The van der Waals surface area contributed by atoms with Crippen LogP contribution in [0.5, 0.6) is 0 Å². The van der Waals surface area contributed by atoms with E-state index in [0.717, 1.165) is 25.7 Å². The minimum atomic E-state index is -0.557. The molecule has 0 aromatic carbocycles. The first-order valence-corrected chi connectivity index (χ1v) is 5.69. The van der Waals surface area contributed by atoms with Crippen LogP contribution in [0.25, 0.3) is 0 Å². The molecule has 0 radical (unpaired) electrons. The number of hydrogen-bond acceptors (Lipinski definition) is 3. The van der Waals surface area contributed by atoms with Crippen molar-refractivity contribution in [3.8, 4) is 0 Å². The first-order valence-electron chi connectivity index (χ1n) is 5.69. The summed E-state index contributed by atoms with van der Waals surface area (Å²) in [6.45, 7) is 3.79. The molecule has 1 rings (SSSR count). The maximum absolute atomic E-state index is 12.1. The van der Waals surface area contributed by atoms with E-state index in [1.54, 1.807) is 0 Å². The lowest BCUT2D eigenvalue weighted by Crippen LogP contribution is -2.33. The van der Waals surface area contributed by atoms with Crippen molar-refractivity contribution in [3.05, 3.63) is 0 Å². The molecule has 1 unspecified atom stereocenters. The summed E-state index contributed by atoms with van der Waals surface area (Å²) in [6, 6.07) is 0. The molecular weight excluding hydrogens is 192 g/mol. The molecule has 1 aliphatic carbocycles. The van der Waals surface area contributed by atoms with Crippen LogP contribution in [-0.2, 0) is 14.3 Å². The van der Waals surface area contributed by atoms with Crippen molar-refractivity contribution in [2.75, 3.05) is 7.11 Å². The van der Waals surface area contributed by atoms with Gasteiger partial charge in [0.05, 0.1) is 7.11 Å². The van der Waals surface area contributed by atoms with Crippen LogP contribution in [0.2, 0.25) is 0 Å². The van der Waals surface area contributed by atoms with Crippen LogP contribution >= 0.6 is 0 Å². The van der Waals surface area contributed by atoms with Crippen molar-refractivity contribution in [2.45, 2.75) is 39.5 Å². The monoisotopic (exact) mass is 212 g/mol. The Morgan fingerprint density at radius 1 is 1.20 bits per heavy atom. The summed E-state index contributed by atoms with van der Waals surface area (Å²) in [6.07, 6.45) is 4.11. The Morgan fingerprint density at radius 2 is 1.73 bits per heavy atom. The minimum absolute atomic E-state index is 0.0329. The standard InChI is InChI=1S/C12H20O3/c1-8(2)10(12(14)15-3)11(13)9-6-4-5-7-9/h8-10H,4-7H2,1-3H3. The highest BCUT2D eigenvalue weighted by Gasteiger charge is 2.36. The summed E-state index contributed by atoms with van der Waals surface area (Å²) in [7, 11) is 1.35. The van der Waals surface area contributed by atoms with E-state index >= 15 is 0 Å². The molecular formula is C12H20O3. The van der Waals surface area contributed by atoms with Gasteiger partial charge in [0.1, 0.15) is 11.7 Å². The molecule has 15 heavy (non-hydrogen) atoms. The van der Waals surface area contributed by atoms with E-state index in [0.29, 0.717) is 0 Å². The average molecular weight is 212 g/mol. The van der Waals surface area contributed by atoms with Crippen molar-refractivity contribution >= 4 is 11.8 Å². The molecule has 0 bridgehead atoms. The Hall–Kier alpha value is -0.860. The van der Waals surface area contributed by atoms with E-state index in [1.165, 1.54) is 7.11 Å². The third-order valence-corrected chi connectivity index (χ3v) is 3.19. The summed E-state index contributed by atoms with van der Waals surface area (Å²) >= 11 is 0. The Balaban J connectivity index is 2.70. The number of Topliss-reactive ketones (excluding diaryl/α,β-unsaturated/α-hetero) is 1. The number of esters is 1. The molecule has 86 valence electrons. The maximum Gasteiger partial charge on any atom is 0.316 e. The van der Waals surface area contributed by atoms with Gasteiger partial charge in [-0.1, -0.05) is 26.7 Å². The molecule has 0 spiro atoms. The third kappa shape index (κ3) is 2.80. The van der Waals surface area contributed by atoms with Crippen molar-refractivity contribution in [1.29, 1.82) is 0 Å². The lowest BCUT2D eigenvalue weighted by molar-refractivity contribution is -0.152. The molecule has 3 nitrogen and oxygen atoms in total. The second kappa shape index (κ2) is 5.29. The van der Waals surface area contributed by atoms with Crippen LogP contribution in [0.1, 0.15) is 39.5 Å². The number of methoxy groups -OCH3 is 1. The Kier molecular flexibility index (Phi) is 4.30. The predicted molar refractivity (Wildman–Crippen MR) is 57.3 cm³/mol. The van der Waals surface area contributed by atoms with Crippen LogP contribution in [0.4, 0.5) is 0 Å². The summed E-state index contributed by atoms with van der Waals surface area (Å²) in [5, 5.41) is 0. The smallest absolute Gasteiger partial charge is 0.316 e. The molecule has 1 aliphatic rings. The van der Waals surface area contributed by atoms with Gasteiger partial charge in [0.25, 0.3) is 0 Å². The zero-order valence-electron chi connectivity index (χ0n) is 9.79. The fourth-order valence-electron chi connectivity index (χ4n) is 2.31. The van der Waals surface area contributed by atoms with Gasteiger partial charge in [0, 0.05) is 5.92 Å². The number of carbonyl (C=O) groups is 2. The zero-order valence-corrected chi connectivity index (χ0v) is 9.79. The van der Waals surface area contributed by atoms with Gasteiger partial charge in [-0.2, -0.15) is 0 Å². The molecule has 0 amide bonds. The first kappa shape index (κ1) is 12.2. The predicted octanol–water partition coefficient (Wildman–Crippen LogP) is 2.19. The van der Waals surface area contributed by atoms with Crippen molar-refractivity contribution < 1.29 is 14.3 Å². The molecule has 3 heteroatoms. The zero-order chi connectivity index (χ0) is 11.4. The Morgan fingerprint density at radius 3 is 2.13 bits per heavy atom. The molecule has 0 aromatic rings. The number of ketones is 1. The van der Waals surface area contributed by atoms with Crippen molar-refractivity contribution in [2.24, 2.45) is 17.8 Å². The summed E-state index contributed by atoms with van der Waals surface area (Å²) < 4.78 is 4.69. The second-order valence-electron chi connectivity index (χ2n) is 4.63. The van der Waals surface area contributed by atoms with Gasteiger partial charge in [0.15, 0.2) is 0 Å². The lowest BCUT2D eigenvalue weighted by atomic mass is 9.84. The van der Waals surface area contributed by atoms with Crippen LogP contribution in [-0.4, -0.2) is 18.9 Å². The summed E-state index contributed by atoms with van der Waals surface area (Å²) in [5.41, 5.74) is 0. The molecule has 0 saturated heterocycles. The normalized spacial score (nSPS) is 19.2. The molecule has 1 saturated carbocycles. The van der Waals surface area contributed by atoms with E-state index in [-0.39, 0.29) is 23.6 Å². The average Bonchev–Trinajstić information content (AvgIpc) is 2.69. The molecule has 0 heterocycles. The van der Waals surface area contributed by atoms with Crippen molar-refractivity contribution in [1.82, 2.24) is 0 Å². The van der Waals surface area contributed by atoms with Crippen LogP contribution in [0.15, 0.2) is 0 Å². The quantitative estimate of drug-likeness (QED) is 0.530. The number of carbonyl (C=O) groups excluding carboxylic acids is 2. The first-order chi connectivity index (χ1) is 7.07. The Labute approximate surface area is 91.2 Å². The Bertz CT molecular complexity index is 239. The number of rotatable bonds is 4. The van der Waals surface area contributed by atoms with Gasteiger partial charge in [-0.3, -0.25) is 9.59 Å². The van der Waals surface area contributed by atoms with Crippen LogP contribution < -0.4 is 0 Å². The number of hydrogen-bond donors (Lipinski definition) is 0. The second-order valence-corrected chi connectivity index (χ2v) is 4.63. The molecule has 0 aliphatic heterocycles. The molecule has 1 atom stereocenters. The van der Waals surface area contributed by atoms with Gasteiger partial charge >= 0.3 is 5.97 Å². The van der Waals surface area contributed by atoms with Gasteiger partial charge in [0.2, 0.25) is 0 Å². The minimum Gasteiger partial charge on any atom is -0.468 e. The molecule has 0 N–H and O–H groups in total. The van der Waals surface area contributed by atoms with E-state index in [2.05, 4.69) is 0 Å². The van der Waals surface area contributed by atoms with E-state index in [4.69, 9.17) is 4.74 Å². The molecule has 1 fully saturated rings. The topological polar surface area (TPSA) is 43.4 Å². The van der Waals surface area contributed by atoms with Crippen molar-refractivity contribution in [3.63, 3.8) is 0 Å². The fraction of sp³-hybridized carbons (Fsp3) is 0.833.